The van der Waals surface area contributed by atoms with Gasteiger partial charge in [-0.25, -0.2) is 0 Å². The van der Waals surface area contributed by atoms with Gasteiger partial charge in [-0.2, -0.15) is 0 Å². The maximum atomic E-state index is 12.1. The van der Waals surface area contributed by atoms with Crippen LogP contribution in [-0.4, -0.2) is 49.6 Å². The Hall–Kier alpha value is -1.63. The fourth-order valence-electron chi connectivity index (χ4n) is 2.43. The minimum atomic E-state index is -0.388. The lowest BCUT2D eigenvalue weighted by molar-refractivity contribution is -0.140. The van der Waals surface area contributed by atoms with Gasteiger partial charge >= 0.3 is 0 Å². The van der Waals surface area contributed by atoms with Crippen molar-refractivity contribution in [2.45, 2.75) is 31.6 Å². The number of hydrogen-bond acceptors (Lipinski definition) is 4. The normalized spacial score (nSPS) is 19.8. The molecule has 2 rings (SSSR count). The van der Waals surface area contributed by atoms with Crippen LogP contribution in [0.2, 0.25) is 0 Å². The number of ether oxygens (including phenoxy) is 1. The van der Waals surface area contributed by atoms with Crippen molar-refractivity contribution in [1.29, 1.82) is 0 Å². The summed E-state index contributed by atoms with van der Waals surface area (Å²) in [6.07, 6.45) is 0.973. The molecule has 2 unspecified atom stereocenters. The molecular weight excluding hydrogens is 318 g/mol. The third-order valence-corrected chi connectivity index (χ3v) is 3.77. The van der Waals surface area contributed by atoms with E-state index in [1.807, 2.05) is 12.1 Å². The molecule has 7 heteroatoms. The Morgan fingerprint density at radius 3 is 2.48 bits per heavy atom. The van der Waals surface area contributed by atoms with Crippen LogP contribution >= 0.6 is 12.4 Å². The van der Waals surface area contributed by atoms with Crippen LogP contribution in [0.1, 0.15) is 28.8 Å². The van der Waals surface area contributed by atoms with Gasteiger partial charge in [-0.1, -0.05) is 12.1 Å². The molecule has 2 atom stereocenters. The molecule has 1 saturated heterocycles. The van der Waals surface area contributed by atoms with Gasteiger partial charge in [0.25, 0.3) is 11.8 Å². The minimum absolute atomic E-state index is 0. The molecule has 0 bridgehead atoms. The summed E-state index contributed by atoms with van der Waals surface area (Å²) in [5, 5.41) is 2.85. The molecule has 1 aliphatic heterocycles. The highest BCUT2D eigenvalue weighted by Crippen LogP contribution is 2.20. The molecule has 0 aliphatic carbocycles. The fourth-order valence-corrected chi connectivity index (χ4v) is 2.43. The average molecular weight is 342 g/mol. The SMILES string of the molecule is CN(C)C(=O)C1CCC(CNC(=O)c2ccc(CN)cc2)O1.Cl. The van der Waals surface area contributed by atoms with Crippen LogP contribution in [0.15, 0.2) is 24.3 Å². The second-order valence-corrected chi connectivity index (χ2v) is 5.67. The van der Waals surface area contributed by atoms with Gasteiger partial charge < -0.3 is 20.7 Å². The standard InChI is InChI=1S/C16H23N3O3.ClH/c1-19(2)16(21)14-8-7-13(22-14)10-18-15(20)12-5-3-11(9-17)4-6-12;/h3-6,13-14H,7-10,17H2,1-2H3,(H,18,20);1H. The molecule has 1 heterocycles. The molecule has 2 amide bonds. The summed E-state index contributed by atoms with van der Waals surface area (Å²) < 4.78 is 5.68. The largest absolute Gasteiger partial charge is 0.363 e. The van der Waals surface area contributed by atoms with Gasteiger partial charge in [0.05, 0.1) is 6.10 Å². The molecule has 0 spiro atoms. The van der Waals surface area contributed by atoms with Crippen molar-refractivity contribution in [1.82, 2.24) is 10.2 Å². The lowest BCUT2D eigenvalue weighted by Gasteiger charge is -2.17. The fraction of sp³-hybridized carbons (Fsp3) is 0.500. The Morgan fingerprint density at radius 2 is 1.91 bits per heavy atom. The number of rotatable bonds is 5. The first-order valence-electron chi connectivity index (χ1n) is 7.45. The first kappa shape index (κ1) is 19.4. The third kappa shape index (κ3) is 5.20. The number of hydrogen-bond donors (Lipinski definition) is 2. The quantitative estimate of drug-likeness (QED) is 0.834. The van der Waals surface area contributed by atoms with E-state index in [1.165, 1.54) is 4.90 Å². The first-order valence-corrected chi connectivity index (χ1v) is 7.45. The zero-order valence-electron chi connectivity index (χ0n) is 13.5. The zero-order valence-corrected chi connectivity index (χ0v) is 14.3. The van der Waals surface area contributed by atoms with Crippen LogP contribution in [0.4, 0.5) is 0 Å². The van der Waals surface area contributed by atoms with E-state index in [9.17, 15) is 9.59 Å². The number of nitrogens with zero attached hydrogens (tertiary/aromatic N) is 1. The van der Waals surface area contributed by atoms with Crippen LogP contribution in [0.25, 0.3) is 0 Å². The number of nitrogens with two attached hydrogens (primary N) is 1. The molecule has 1 fully saturated rings. The zero-order chi connectivity index (χ0) is 16.1. The summed E-state index contributed by atoms with van der Waals surface area (Å²) in [6, 6.07) is 7.19. The Kier molecular flexibility index (Phi) is 7.48. The van der Waals surface area contributed by atoms with Crippen LogP contribution < -0.4 is 11.1 Å². The highest BCUT2D eigenvalue weighted by Gasteiger charge is 2.31. The highest BCUT2D eigenvalue weighted by molar-refractivity contribution is 5.94. The van der Waals surface area contributed by atoms with Gasteiger partial charge in [0.15, 0.2) is 0 Å². The maximum absolute atomic E-state index is 12.1. The molecule has 128 valence electrons. The van der Waals surface area contributed by atoms with Crippen molar-refractivity contribution in [2.75, 3.05) is 20.6 Å². The summed E-state index contributed by atoms with van der Waals surface area (Å²) in [5.41, 5.74) is 7.11. The van der Waals surface area contributed by atoms with Crippen LogP contribution in [0.5, 0.6) is 0 Å². The van der Waals surface area contributed by atoms with E-state index in [1.54, 1.807) is 26.2 Å². The van der Waals surface area contributed by atoms with Gasteiger partial charge in [-0.05, 0) is 30.5 Å². The molecule has 1 aromatic rings. The Labute approximate surface area is 142 Å². The molecule has 1 aromatic carbocycles. The van der Waals surface area contributed by atoms with Crippen molar-refractivity contribution < 1.29 is 14.3 Å². The molecule has 0 saturated carbocycles. The Bertz CT molecular complexity index is 534. The monoisotopic (exact) mass is 341 g/mol. The number of carbonyl (C=O) groups excluding carboxylic acids is 2. The molecule has 3 N–H and O–H groups in total. The van der Waals surface area contributed by atoms with E-state index in [0.717, 1.165) is 12.0 Å². The van der Waals surface area contributed by atoms with E-state index in [4.69, 9.17) is 10.5 Å². The summed E-state index contributed by atoms with van der Waals surface area (Å²) in [5.74, 6) is -0.166. The molecule has 0 radical (unpaired) electrons. The van der Waals surface area contributed by atoms with E-state index in [-0.39, 0.29) is 36.4 Å². The lowest BCUT2D eigenvalue weighted by atomic mass is 10.1. The van der Waals surface area contributed by atoms with Crippen LogP contribution in [-0.2, 0) is 16.1 Å². The smallest absolute Gasteiger partial charge is 0.251 e. The Morgan fingerprint density at radius 1 is 1.26 bits per heavy atom. The van der Waals surface area contributed by atoms with Crippen molar-refractivity contribution in [3.05, 3.63) is 35.4 Å². The van der Waals surface area contributed by atoms with Crippen LogP contribution in [0, 0.1) is 0 Å². The predicted octanol–water partition coefficient (Wildman–Crippen LogP) is 0.933. The molecule has 1 aliphatic rings. The van der Waals surface area contributed by atoms with E-state index in [0.29, 0.717) is 25.1 Å². The van der Waals surface area contributed by atoms with Crippen LogP contribution in [0.3, 0.4) is 0 Å². The van der Waals surface area contributed by atoms with Gasteiger partial charge in [-0.15, -0.1) is 12.4 Å². The van der Waals surface area contributed by atoms with Gasteiger partial charge in [0.1, 0.15) is 6.10 Å². The molecule has 23 heavy (non-hydrogen) atoms. The number of carbonyl (C=O) groups is 2. The summed E-state index contributed by atoms with van der Waals surface area (Å²) in [7, 11) is 3.43. The number of benzene rings is 1. The second-order valence-electron chi connectivity index (χ2n) is 5.67. The summed E-state index contributed by atoms with van der Waals surface area (Å²) in [6.45, 7) is 0.869. The number of nitrogens with one attached hydrogen (secondary N) is 1. The lowest BCUT2D eigenvalue weighted by Crippen LogP contribution is -2.36. The Balaban J connectivity index is 0.00000264. The average Bonchev–Trinajstić information content (AvgIpc) is 3.00. The molecule has 6 nitrogen and oxygen atoms in total. The van der Waals surface area contributed by atoms with Crippen molar-refractivity contribution in [3.8, 4) is 0 Å². The van der Waals surface area contributed by atoms with Crippen molar-refractivity contribution >= 4 is 24.2 Å². The van der Waals surface area contributed by atoms with Crippen molar-refractivity contribution in [3.63, 3.8) is 0 Å². The van der Waals surface area contributed by atoms with Gasteiger partial charge in [-0.3, -0.25) is 9.59 Å². The number of amides is 2. The summed E-state index contributed by atoms with van der Waals surface area (Å²) >= 11 is 0. The first-order chi connectivity index (χ1) is 10.5. The van der Waals surface area contributed by atoms with Gasteiger partial charge in [0.2, 0.25) is 0 Å². The molecule has 0 aromatic heterocycles. The molecular formula is C16H24ClN3O3. The number of halogens is 1. The minimum Gasteiger partial charge on any atom is -0.363 e. The second kappa shape index (κ2) is 8.86. The topological polar surface area (TPSA) is 84.7 Å². The van der Waals surface area contributed by atoms with E-state index < -0.39 is 0 Å². The predicted molar refractivity (Wildman–Crippen MR) is 90.5 cm³/mol. The third-order valence-electron chi connectivity index (χ3n) is 3.77. The summed E-state index contributed by atoms with van der Waals surface area (Å²) in [4.78, 5) is 25.4. The van der Waals surface area contributed by atoms with Crippen molar-refractivity contribution in [2.24, 2.45) is 5.73 Å². The van der Waals surface area contributed by atoms with E-state index in [2.05, 4.69) is 5.32 Å². The van der Waals surface area contributed by atoms with E-state index >= 15 is 0 Å². The highest BCUT2D eigenvalue weighted by atomic mass is 35.5. The maximum Gasteiger partial charge on any atom is 0.251 e. The number of likely N-dealkylation sites (N-methyl/N-ethyl adjacent to an activating group) is 1. The van der Waals surface area contributed by atoms with Gasteiger partial charge in [0, 0.05) is 32.7 Å².